The number of carboxylic acids is 2. The largest absolute Gasteiger partial charge is 0.535 e. The average molecular weight is 476 g/mol. The van der Waals surface area contributed by atoms with Crippen LogP contribution in [0.15, 0.2) is 23.6 Å². The molecule has 12 nitrogen and oxygen atoms in total. The Morgan fingerprint density at radius 3 is 2.70 bits per heavy atom. The number of carbonyl (C=O) groups excluding carboxylic acids is 2. The Balaban J connectivity index is 1.74. The number of aliphatic carboxylic acids is 1. The summed E-state index contributed by atoms with van der Waals surface area (Å²) in [6, 6.07) is 2.60. The Kier molecular flexibility index (Phi) is 7.50. The second-order valence-electron chi connectivity index (χ2n) is 7.33. The van der Waals surface area contributed by atoms with Gasteiger partial charge in [0.2, 0.25) is 0 Å². The minimum atomic E-state index is -1.44. The zero-order valence-corrected chi connectivity index (χ0v) is 18.0. The average Bonchev–Trinajstić information content (AvgIpc) is 3.17. The first-order valence-corrected chi connectivity index (χ1v) is 10.7. The van der Waals surface area contributed by atoms with Gasteiger partial charge in [0.25, 0.3) is 0 Å². The number of nitrogens with one attached hydrogen (secondary N) is 2. The monoisotopic (exact) mass is 476 g/mol. The van der Waals surface area contributed by atoms with Gasteiger partial charge in [-0.1, -0.05) is 12.1 Å². The lowest BCUT2D eigenvalue weighted by Gasteiger charge is -2.28. The number of hydrogen-bond donors (Lipinski definition) is 6. The third-order valence-electron chi connectivity index (χ3n) is 4.97. The highest BCUT2D eigenvalue weighted by Gasteiger charge is 2.39. The first-order valence-electron chi connectivity index (χ1n) is 9.85. The van der Waals surface area contributed by atoms with Gasteiger partial charge in [0.05, 0.1) is 17.7 Å². The predicted octanol–water partition coefficient (Wildman–Crippen LogP) is 0.683. The molecule has 3 rings (SSSR count). The zero-order valence-electron chi connectivity index (χ0n) is 17.2. The Hall–Kier alpha value is -3.65. The van der Waals surface area contributed by atoms with Crippen molar-refractivity contribution < 1.29 is 39.1 Å². The summed E-state index contributed by atoms with van der Waals surface area (Å²) < 4.78 is 5.42. The second kappa shape index (κ2) is 10.3. The summed E-state index contributed by atoms with van der Waals surface area (Å²) in [6.07, 6.45) is -0.325. The van der Waals surface area contributed by atoms with E-state index in [1.54, 1.807) is 12.1 Å². The summed E-state index contributed by atoms with van der Waals surface area (Å²) in [5, 5.41) is 34.9. The number of nitrogens with zero attached hydrogens (tertiary/aromatic N) is 1. The third-order valence-corrected chi connectivity index (χ3v) is 5.66. The van der Waals surface area contributed by atoms with Crippen LogP contribution in [0, 0.1) is 0 Å². The molecule has 0 saturated heterocycles. The predicted molar refractivity (Wildman–Crippen MR) is 117 cm³/mol. The number of fused-ring (bicyclic) bond motifs is 1. The highest BCUT2D eigenvalue weighted by atomic mass is 32.1. The smallest absolute Gasteiger partial charge is 0.526 e. The van der Waals surface area contributed by atoms with Crippen LogP contribution in [0.25, 0.3) is 0 Å². The Bertz CT molecular complexity index is 1080. The number of amides is 2. The third kappa shape index (κ3) is 5.99. The number of rotatable bonds is 9. The van der Waals surface area contributed by atoms with Gasteiger partial charge in [0.15, 0.2) is 10.9 Å². The highest BCUT2D eigenvalue weighted by Crippen LogP contribution is 2.37. The maximum atomic E-state index is 13.1. The minimum Gasteiger partial charge on any atom is -0.535 e. The SMILES string of the molecule is Nc1nc(C(NC(=O)NCCC(=O)O)C(=O)C[C@H]2Cc3cccc(C(=O)O)c3OB2O)cs1. The van der Waals surface area contributed by atoms with Crippen LogP contribution >= 0.6 is 11.3 Å². The van der Waals surface area contributed by atoms with E-state index < -0.39 is 42.7 Å². The first-order chi connectivity index (χ1) is 15.7. The molecule has 2 atom stereocenters. The van der Waals surface area contributed by atoms with E-state index in [1.165, 1.54) is 11.4 Å². The van der Waals surface area contributed by atoms with Crippen molar-refractivity contribution in [3.63, 3.8) is 0 Å². The number of benzene rings is 1. The van der Waals surface area contributed by atoms with Gasteiger partial charge in [-0.05, 0) is 18.1 Å². The summed E-state index contributed by atoms with van der Waals surface area (Å²) in [5.74, 6) is -3.43. The fourth-order valence-corrected chi connectivity index (χ4v) is 4.01. The summed E-state index contributed by atoms with van der Waals surface area (Å²) in [5.41, 5.74) is 6.30. The number of thiazole rings is 1. The van der Waals surface area contributed by atoms with Crippen LogP contribution in [0.5, 0.6) is 5.75 Å². The van der Waals surface area contributed by atoms with Crippen LogP contribution in [0.3, 0.4) is 0 Å². The lowest BCUT2D eigenvalue weighted by atomic mass is 9.64. The molecule has 1 aliphatic heterocycles. The van der Waals surface area contributed by atoms with Crippen LogP contribution in [-0.2, 0) is 16.0 Å². The van der Waals surface area contributed by atoms with Crippen molar-refractivity contribution in [2.24, 2.45) is 0 Å². The number of Topliss-reactive ketones (excluding diaryl/α,β-unsaturated/α-hetero) is 1. The van der Waals surface area contributed by atoms with Gasteiger partial charge >= 0.3 is 25.1 Å². The van der Waals surface area contributed by atoms with E-state index in [4.69, 9.17) is 15.5 Å². The molecule has 14 heteroatoms. The molecular formula is C19H21BN4O8S. The number of aromatic carboxylic acids is 1. The summed E-state index contributed by atoms with van der Waals surface area (Å²) in [4.78, 5) is 51.3. The van der Waals surface area contributed by atoms with E-state index in [0.29, 0.717) is 5.56 Å². The standard InChI is InChI=1S/C19H21BN4O8S/c21-18-23-12(8-33-18)15(24-19(30)22-5-4-14(26)27)13(25)7-10-6-9-2-1-3-11(17(28)29)16(9)32-20(10)31/h1-3,8,10,15,31H,4-7H2,(H2,21,23)(H,26,27)(H,28,29)(H2,22,24,30)/t10-,15?/m1/s1. The number of anilines is 1. The molecule has 1 unspecified atom stereocenters. The van der Waals surface area contributed by atoms with Crippen LogP contribution in [-0.4, -0.2) is 57.6 Å². The molecule has 0 spiro atoms. The Labute approximate surface area is 191 Å². The Morgan fingerprint density at radius 2 is 2.06 bits per heavy atom. The van der Waals surface area contributed by atoms with E-state index in [1.807, 2.05) is 0 Å². The molecule has 1 aromatic carbocycles. The van der Waals surface area contributed by atoms with Crippen molar-refractivity contribution in [1.29, 1.82) is 0 Å². The maximum absolute atomic E-state index is 13.1. The van der Waals surface area contributed by atoms with Gasteiger partial charge in [-0.3, -0.25) is 9.59 Å². The number of aromatic nitrogens is 1. The van der Waals surface area contributed by atoms with Crippen LogP contribution in [0.4, 0.5) is 9.93 Å². The topological polar surface area (TPSA) is 201 Å². The first kappa shape index (κ1) is 24.0. The van der Waals surface area contributed by atoms with Crippen LogP contribution < -0.4 is 21.0 Å². The van der Waals surface area contributed by atoms with E-state index in [9.17, 15) is 29.3 Å². The molecule has 0 radical (unpaired) electrons. The number of ketones is 1. The molecule has 1 aromatic heterocycles. The van der Waals surface area contributed by atoms with Gasteiger partial charge in [-0.2, -0.15) is 0 Å². The molecule has 0 saturated carbocycles. The van der Waals surface area contributed by atoms with Crippen LogP contribution in [0.1, 0.15) is 40.5 Å². The number of carbonyl (C=O) groups is 4. The van der Waals surface area contributed by atoms with Crippen molar-refractivity contribution in [2.75, 3.05) is 12.3 Å². The number of hydrogen-bond acceptors (Lipinski definition) is 9. The quantitative estimate of drug-likeness (QED) is 0.280. The second-order valence-corrected chi connectivity index (χ2v) is 8.22. The molecule has 0 bridgehead atoms. The van der Waals surface area contributed by atoms with Crippen LogP contribution in [0.2, 0.25) is 5.82 Å². The summed E-state index contributed by atoms with van der Waals surface area (Å²) in [7, 11) is -1.44. The molecule has 0 fully saturated rings. The summed E-state index contributed by atoms with van der Waals surface area (Å²) >= 11 is 1.08. The van der Waals surface area contributed by atoms with Crippen molar-refractivity contribution in [2.45, 2.75) is 31.1 Å². The van der Waals surface area contributed by atoms with Gasteiger partial charge in [-0.25, -0.2) is 14.6 Å². The molecule has 2 aromatic rings. The Morgan fingerprint density at radius 1 is 1.30 bits per heavy atom. The van der Waals surface area contributed by atoms with Gasteiger partial charge in [0, 0.05) is 24.2 Å². The fraction of sp³-hybridized carbons (Fsp3) is 0.316. The molecule has 7 N–H and O–H groups in total. The lowest BCUT2D eigenvalue weighted by Crippen LogP contribution is -2.43. The number of para-hydroxylation sites is 1. The van der Waals surface area contributed by atoms with Crippen molar-refractivity contribution in [3.05, 3.63) is 40.4 Å². The summed E-state index contributed by atoms with van der Waals surface area (Å²) in [6.45, 7) is -0.140. The number of carboxylic acid groups (broad SMARTS) is 2. The van der Waals surface area contributed by atoms with Crippen molar-refractivity contribution >= 4 is 47.3 Å². The normalized spacial score (nSPS) is 15.7. The molecule has 1 aliphatic rings. The molecule has 2 heterocycles. The fourth-order valence-electron chi connectivity index (χ4n) is 3.42. The van der Waals surface area contributed by atoms with E-state index in [0.717, 1.165) is 11.3 Å². The number of nitrogens with two attached hydrogens (primary N) is 1. The van der Waals surface area contributed by atoms with Gasteiger partial charge in [0.1, 0.15) is 11.8 Å². The molecule has 33 heavy (non-hydrogen) atoms. The maximum Gasteiger partial charge on any atom is 0.526 e. The molecule has 2 amide bonds. The minimum absolute atomic E-state index is 0.0564. The highest BCUT2D eigenvalue weighted by molar-refractivity contribution is 7.13. The van der Waals surface area contributed by atoms with E-state index in [-0.39, 0.29) is 47.9 Å². The van der Waals surface area contributed by atoms with E-state index in [2.05, 4.69) is 15.6 Å². The van der Waals surface area contributed by atoms with Crippen molar-refractivity contribution in [3.8, 4) is 5.75 Å². The van der Waals surface area contributed by atoms with Gasteiger partial charge in [-0.15, -0.1) is 11.3 Å². The molecule has 0 aliphatic carbocycles. The number of urea groups is 1. The van der Waals surface area contributed by atoms with E-state index >= 15 is 0 Å². The zero-order chi connectivity index (χ0) is 24.1. The number of nitrogen functional groups attached to an aromatic ring is 1. The molecule has 174 valence electrons. The molecular weight excluding hydrogens is 455 g/mol. The lowest BCUT2D eigenvalue weighted by molar-refractivity contribution is -0.136. The van der Waals surface area contributed by atoms with Gasteiger partial charge < -0.3 is 36.3 Å². The van der Waals surface area contributed by atoms with Crippen molar-refractivity contribution in [1.82, 2.24) is 15.6 Å².